The van der Waals surface area contributed by atoms with Gasteiger partial charge in [-0.3, -0.25) is 10.2 Å². The summed E-state index contributed by atoms with van der Waals surface area (Å²) in [7, 11) is -0.651. The minimum atomic E-state index is -2.29. The number of amides is 2. The zero-order valence-corrected chi connectivity index (χ0v) is 34.5. The van der Waals surface area contributed by atoms with Gasteiger partial charge in [-0.15, -0.1) is 0 Å². The number of carbonyl (C=O) groups excluding carboxylic acids is 1. The molecule has 0 atom stereocenters. The highest BCUT2D eigenvalue weighted by Gasteiger charge is 2.18. The number of benzene rings is 4. The molecule has 14 heteroatoms. The van der Waals surface area contributed by atoms with Crippen molar-refractivity contribution in [1.82, 2.24) is 24.6 Å². The molecular formula is C44H50N7O6P. The number of nitrogens with zero attached hydrogens (tertiary/aromatic N) is 5. The van der Waals surface area contributed by atoms with Gasteiger partial charge >= 0.3 is 6.03 Å². The summed E-state index contributed by atoms with van der Waals surface area (Å²) in [6.45, 7) is 12.4. The van der Waals surface area contributed by atoms with E-state index in [1.807, 2.05) is 84.9 Å². The SMILES string of the molecule is COc1cc(Cc2nccc(Oc3ccc(NC(=O)Nc4cc(C(C)C)nn4-c4cccc(CP(C)(C)=O)c4)c4ccccc34)n2)cc(OCCN2CCOCC2)c1. The number of morpholine rings is 1. The van der Waals surface area contributed by atoms with Crippen molar-refractivity contribution in [2.24, 2.45) is 0 Å². The molecule has 0 unspecified atom stereocenters. The van der Waals surface area contributed by atoms with Crippen LogP contribution in [0.25, 0.3) is 16.5 Å². The normalized spacial score (nSPS) is 13.4. The van der Waals surface area contributed by atoms with Crippen LogP contribution < -0.4 is 24.8 Å². The van der Waals surface area contributed by atoms with E-state index in [2.05, 4.69) is 34.4 Å². The molecule has 58 heavy (non-hydrogen) atoms. The third-order valence-electron chi connectivity index (χ3n) is 9.62. The molecule has 1 aliphatic rings. The fourth-order valence-electron chi connectivity index (χ4n) is 6.80. The van der Waals surface area contributed by atoms with Crippen LogP contribution in [-0.4, -0.2) is 90.6 Å². The minimum Gasteiger partial charge on any atom is -0.497 e. The van der Waals surface area contributed by atoms with E-state index in [-0.39, 0.29) is 5.92 Å². The van der Waals surface area contributed by atoms with Crippen LogP contribution in [0, 0.1) is 0 Å². The van der Waals surface area contributed by atoms with Crippen LogP contribution in [0.5, 0.6) is 23.1 Å². The topological polar surface area (TPSA) is 142 Å². The van der Waals surface area contributed by atoms with E-state index in [0.717, 1.165) is 71.9 Å². The number of carbonyl (C=O) groups is 1. The number of fused-ring (bicyclic) bond motifs is 1. The molecule has 4 aromatic carbocycles. The maximum Gasteiger partial charge on any atom is 0.324 e. The van der Waals surface area contributed by atoms with Gasteiger partial charge < -0.3 is 28.8 Å². The lowest BCUT2D eigenvalue weighted by Crippen LogP contribution is -2.38. The number of methoxy groups -OCH3 is 1. The fourth-order valence-corrected chi connectivity index (χ4v) is 7.88. The first-order valence-electron chi connectivity index (χ1n) is 19.4. The van der Waals surface area contributed by atoms with Crippen molar-refractivity contribution in [2.75, 3.05) is 70.5 Å². The summed E-state index contributed by atoms with van der Waals surface area (Å²) in [6, 6.07) is 28.1. The average Bonchev–Trinajstić information content (AvgIpc) is 3.63. The molecule has 1 fully saturated rings. The van der Waals surface area contributed by atoms with E-state index in [1.165, 1.54) is 0 Å². The molecule has 6 aromatic rings. The lowest BCUT2D eigenvalue weighted by molar-refractivity contribution is 0.0322. The number of nitrogens with one attached hydrogen (secondary N) is 2. The lowest BCUT2D eigenvalue weighted by atomic mass is 10.1. The van der Waals surface area contributed by atoms with Crippen LogP contribution in [0.15, 0.2) is 97.2 Å². The van der Waals surface area contributed by atoms with Gasteiger partial charge in [-0.1, -0.05) is 50.2 Å². The van der Waals surface area contributed by atoms with Crippen molar-refractivity contribution in [3.8, 4) is 28.8 Å². The Hall–Kier alpha value is -5.75. The number of hydrogen-bond acceptors (Lipinski definition) is 10. The fraction of sp³-hybridized carbons (Fsp3) is 0.318. The van der Waals surface area contributed by atoms with Crippen molar-refractivity contribution in [2.45, 2.75) is 32.3 Å². The van der Waals surface area contributed by atoms with E-state index in [9.17, 15) is 9.36 Å². The van der Waals surface area contributed by atoms with Crippen molar-refractivity contribution < 1.29 is 28.3 Å². The first-order valence-corrected chi connectivity index (χ1v) is 22.2. The Kier molecular flexibility index (Phi) is 12.7. The highest BCUT2D eigenvalue weighted by Crippen LogP contribution is 2.41. The molecule has 0 radical (unpaired) electrons. The Morgan fingerprint density at radius 3 is 2.47 bits per heavy atom. The van der Waals surface area contributed by atoms with Crippen LogP contribution in [0.2, 0.25) is 0 Å². The Labute approximate surface area is 339 Å². The van der Waals surface area contributed by atoms with Crippen LogP contribution in [0.3, 0.4) is 0 Å². The van der Waals surface area contributed by atoms with Crippen molar-refractivity contribution >= 4 is 35.5 Å². The maximum absolute atomic E-state index is 13.6. The maximum atomic E-state index is 13.6. The molecule has 1 saturated heterocycles. The highest BCUT2D eigenvalue weighted by atomic mass is 31.2. The smallest absolute Gasteiger partial charge is 0.324 e. The molecular weight excluding hydrogens is 754 g/mol. The number of urea groups is 1. The predicted octanol–water partition coefficient (Wildman–Crippen LogP) is 8.81. The molecule has 1 aliphatic heterocycles. The summed E-state index contributed by atoms with van der Waals surface area (Å²) in [5, 5.41) is 12.4. The van der Waals surface area contributed by atoms with Gasteiger partial charge in [0, 0.05) is 67.4 Å². The van der Waals surface area contributed by atoms with Crippen molar-refractivity contribution in [3.63, 3.8) is 0 Å². The van der Waals surface area contributed by atoms with E-state index in [0.29, 0.717) is 53.9 Å². The Balaban J connectivity index is 1.05. The van der Waals surface area contributed by atoms with Crippen LogP contribution in [-0.2, 0) is 21.9 Å². The second-order valence-corrected chi connectivity index (χ2v) is 18.5. The zero-order valence-electron chi connectivity index (χ0n) is 33.6. The van der Waals surface area contributed by atoms with Gasteiger partial charge in [-0.05, 0) is 66.8 Å². The van der Waals surface area contributed by atoms with Gasteiger partial charge in [-0.2, -0.15) is 10.1 Å². The molecule has 2 aromatic heterocycles. The minimum absolute atomic E-state index is 0.132. The van der Waals surface area contributed by atoms with Gasteiger partial charge in [0.15, 0.2) is 0 Å². The summed E-state index contributed by atoms with van der Waals surface area (Å²) in [6.07, 6.45) is 2.59. The molecule has 2 N–H and O–H groups in total. The third kappa shape index (κ3) is 10.6. The monoisotopic (exact) mass is 803 g/mol. The molecule has 3 heterocycles. The molecule has 0 aliphatic carbocycles. The third-order valence-corrected chi connectivity index (χ3v) is 10.8. The molecule has 0 spiro atoms. The highest BCUT2D eigenvalue weighted by molar-refractivity contribution is 7.61. The van der Waals surface area contributed by atoms with Gasteiger partial charge in [-0.25, -0.2) is 14.5 Å². The molecule has 2 amide bonds. The number of hydrogen-bond donors (Lipinski definition) is 2. The van der Waals surface area contributed by atoms with E-state index >= 15 is 0 Å². The quantitative estimate of drug-likeness (QED) is 0.0968. The number of ether oxygens (including phenoxy) is 4. The molecule has 0 bridgehead atoms. The molecule has 13 nitrogen and oxygen atoms in total. The largest absolute Gasteiger partial charge is 0.497 e. The Morgan fingerprint density at radius 2 is 1.69 bits per heavy atom. The van der Waals surface area contributed by atoms with Crippen LogP contribution in [0.1, 0.15) is 42.4 Å². The second kappa shape index (κ2) is 18.2. The van der Waals surface area contributed by atoms with Crippen LogP contribution in [0.4, 0.5) is 16.3 Å². The van der Waals surface area contributed by atoms with Gasteiger partial charge in [0.1, 0.15) is 35.5 Å². The van der Waals surface area contributed by atoms with Crippen molar-refractivity contribution in [1.29, 1.82) is 0 Å². The number of anilines is 2. The first kappa shape index (κ1) is 40.4. The average molecular weight is 804 g/mol. The van der Waals surface area contributed by atoms with Crippen LogP contribution >= 0.6 is 7.14 Å². The summed E-state index contributed by atoms with van der Waals surface area (Å²) < 4.78 is 37.8. The van der Waals surface area contributed by atoms with E-state index in [1.54, 1.807) is 37.4 Å². The van der Waals surface area contributed by atoms with Gasteiger partial charge in [0.25, 0.3) is 0 Å². The summed E-state index contributed by atoms with van der Waals surface area (Å²) >= 11 is 0. The standard InChI is InChI=1S/C44H50N7O6P/c1-30(2)39-28-42(51(49-39)33-10-8-9-31(23-33)29-58(4,5)53)48-44(52)46-38-13-14-40(37-12-7-6-11-36(37)38)57-43-15-16-45-41(47-43)26-32-24-34(54-3)27-35(25-32)56-22-19-50-17-20-55-21-18-50/h6-16,23-25,27-28,30H,17-22,26,29H2,1-5H3,(H2,46,48,52). The summed E-state index contributed by atoms with van der Waals surface area (Å²) in [5.41, 5.74) is 4.09. The first-order chi connectivity index (χ1) is 28.0. The molecule has 0 saturated carbocycles. The number of rotatable bonds is 15. The summed E-state index contributed by atoms with van der Waals surface area (Å²) in [5.74, 6) is 3.60. The number of aromatic nitrogens is 4. The Morgan fingerprint density at radius 1 is 0.897 bits per heavy atom. The van der Waals surface area contributed by atoms with Crippen molar-refractivity contribution in [3.05, 3.63) is 120 Å². The van der Waals surface area contributed by atoms with E-state index in [4.69, 9.17) is 29.0 Å². The van der Waals surface area contributed by atoms with Gasteiger partial charge in [0.2, 0.25) is 5.88 Å². The Bertz CT molecular complexity index is 2420. The summed E-state index contributed by atoms with van der Waals surface area (Å²) in [4.78, 5) is 25.2. The van der Waals surface area contributed by atoms with E-state index < -0.39 is 13.2 Å². The zero-order chi connectivity index (χ0) is 40.6. The molecule has 302 valence electrons. The second-order valence-electron chi connectivity index (χ2n) is 15.1. The van der Waals surface area contributed by atoms with Gasteiger partial charge in [0.05, 0.1) is 44.5 Å². The molecule has 7 rings (SSSR count). The predicted molar refractivity (Wildman–Crippen MR) is 228 cm³/mol. The lowest BCUT2D eigenvalue weighted by Gasteiger charge is -2.26.